The Bertz CT molecular complexity index is 959. The molecule has 2 aromatic rings. The van der Waals surface area contributed by atoms with Crippen molar-refractivity contribution in [1.29, 1.82) is 0 Å². The molecule has 6 nitrogen and oxygen atoms in total. The second-order valence-corrected chi connectivity index (χ2v) is 10.1. The van der Waals surface area contributed by atoms with E-state index in [1.807, 2.05) is 38.1 Å². The Hall–Kier alpha value is -2.38. The number of carbonyl (C=O) groups excluding carboxylic acids is 1. The Labute approximate surface area is 185 Å². The van der Waals surface area contributed by atoms with Crippen LogP contribution in [0.3, 0.4) is 0 Å². The van der Waals surface area contributed by atoms with Crippen molar-refractivity contribution >= 4 is 15.9 Å². The maximum atomic E-state index is 12.8. The molecule has 0 bridgehead atoms. The number of nitrogens with zero attached hydrogens (tertiary/aromatic N) is 1. The highest BCUT2D eigenvalue weighted by Crippen LogP contribution is 2.21. The molecule has 7 heteroatoms. The third-order valence-electron chi connectivity index (χ3n) is 5.43. The summed E-state index contributed by atoms with van der Waals surface area (Å²) >= 11 is 0. The number of carbonyl (C=O) groups is 1. The first kappa shape index (κ1) is 23.3. The fraction of sp³-hybridized carbons (Fsp3) is 0.458. The number of amides is 1. The van der Waals surface area contributed by atoms with Crippen LogP contribution in [0.5, 0.6) is 5.75 Å². The SMILES string of the molecule is Cc1cc(C)cc(OCC(=O)NCCc2ccc(S(=O)(=O)N3CCCCCC3)cc2)c1. The van der Waals surface area contributed by atoms with Gasteiger partial charge in [-0.15, -0.1) is 0 Å². The highest BCUT2D eigenvalue weighted by atomic mass is 32.2. The van der Waals surface area contributed by atoms with Gasteiger partial charge in [0.2, 0.25) is 10.0 Å². The number of rotatable bonds is 8. The van der Waals surface area contributed by atoms with Gasteiger partial charge in [0.1, 0.15) is 5.75 Å². The molecular formula is C24H32N2O4S. The van der Waals surface area contributed by atoms with Crippen LogP contribution < -0.4 is 10.1 Å². The summed E-state index contributed by atoms with van der Waals surface area (Å²) in [6, 6.07) is 12.8. The molecule has 0 aromatic heterocycles. The van der Waals surface area contributed by atoms with Gasteiger partial charge in [0, 0.05) is 19.6 Å². The molecule has 1 N–H and O–H groups in total. The lowest BCUT2D eigenvalue weighted by Crippen LogP contribution is -2.32. The molecule has 31 heavy (non-hydrogen) atoms. The Morgan fingerprint density at radius 2 is 1.58 bits per heavy atom. The van der Waals surface area contributed by atoms with Crippen LogP contribution in [0, 0.1) is 13.8 Å². The lowest BCUT2D eigenvalue weighted by Gasteiger charge is -2.20. The third-order valence-corrected chi connectivity index (χ3v) is 7.34. The minimum atomic E-state index is -3.43. The van der Waals surface area contributed by atoms with Gasteiger partial charge >= 0.3 is 0 Å². The monoisotopic (exact) mass is 444 g/mol. The highest BCUT2D eigenvalue weighted by molar-refractivity contribution is 7.89. The summed E-state index contributed by atoms with van der Waals surface area (Å²) in [6.07, 6.45) is 4.65. The maximum Gasteiger partial charge on any atom is 0.257 e. The maximum absolute atomic E-state index is 12.8. The number of hydrogen-bond acceptors (Lipinski definition) is 4. The average Bonchev–Trinajstić information content (AvgIpc) is 3.02. The summed E-state index contributed by atoms with van der Waals surface area (Å²) in [7, 11) is -3.43. The van der Waals surface area contributed by atoms with Crippen LogP contribution in [-0.2, 0) is 21.2 Å². The van der Waals surface area contributed by atoms with Crippen LogP contribution in [0.25, 0.3) is 0 Å². The molecule has 1 fully saturated rings. The van der Waals surface area contributed by atoms with Crippen LogP contribution in [0.15, 0.2) is 47.4 Å². The van der Waals surface area contributed by atoms with Crippen LogP contribution in [0.2, 0.25) is 0 Å². The van der Waals surface area contributed by atoms with E-state index in [1.165, 1.54) is 0 Å². The molecule has 0 radical (unpaired) electrons. The smallest absolute Gasteiger partial charge is 0.257 e. The molecule has 1 aliphatic rings. The zero-order valence-electron chi connectivity index (χ0n) is 18.4. The van der Waals surface area contributed by atoms with E-state index in [-0.39, 0.29) is 12.5 Å². The zero-order valence-corrected chi connectivity index (χ0v) is 19.2. The summed E-state index contributed by atoms with van der Waals surface area (Å²) in [6.45, 7) is 5.61. The minimum absolute atomic E-state index is 0.0318. The van der Waals surface area contributed by atoms with Crippen molar-refractivity contribution in [3.63, 3.8) is 0 Å². The summed E-state index contributed by atoms with van der Waals surface area (Å²) < 4.78 is 32.9. The van der Waals surface area contributed by atoms with Gasteiger partial charge < -0.3 is 10.1 Å². The quantitative estimate of drug-likeness (QED) is 0.675. The zero-order chi connectivity index (χ0) is 22.3. The topological polar surface area (TPSA) is 75.7 Å². The van der Waals surface area contributed by atoms with Gasteiger partial charge in [0.05, 0.1) is 4.90 Å². The summed E-state index contributed by atoms with van der Waals surface area (Å²) in [5.41, 5.74) is 3.17. The van der Waals surface area contributed by atoms with Gasteiger partial charge in [-0.1, -0.05) is 31.0 Å². The Balaban J connectivity index is 1.46. The number of nitrogens with one attached hydrogen (secondary N) is 1. The molecule has 0 saturated carbocycles. The van der Waals surface area contributed by atoms with Gasteiger partial charge in [0.25, 0.3) is 5.91 Å². The van der Waals surface area contributed by atoms with E-state index in [0.29, 0.717) is 36.7 Å². The van der Waals surface area contributed by atoms with Gasteiger partial charge in [-0.05, 0) is 74.1 Å². The number of benzene rings is 2. The van der Waals surface area contributed by atoms with E-state index in [2.05, 4.69) is 11.4 Å². The van der Waals surface area contributed by atoms with Crippen molar-refractivity contribution in [2.75, 3.05) is 26.2 Å². The lowest BCUT2D eigenvalue weighted by molar-refractivity contribution is -0.123. The van der Waals surface area contributed by atoms with E-state index >= 15 is 0 Å². The fourth-order valence-electron chi connectivity index (χ4n) is 3.82. The number of hydrogen-bond donors (Lipinski definition) is 1. The summed E-state index contributed by atoms with van der Waals surface area (Å²) in [5.74, 6) is 0.508. The van der Waals surface area contributed by atoms with E-state index in [1.54, 1.807) is 16.4 Å². The van der Waals surface area contributed by atoms with Crippen molar-refractivity contribution in [2.45, 2.75) is 50.8 Å². The molecule has 1 heterocycles. The van der Waals surface area contributed by atoms with Crippen molar-refractivity contribution in [3.8, 4) is 5.75 Å². The molecule has 1 saturated heterocycles. The molecule has 0 unspecified atom stereocenters. The predicted molar refractivity (Wildman–Crippen MR) is 122 cm³/mol. The first-order valence-corrected chi connectivity index (χ1v) is 12.4. The predicted octanol–water partition coefficient (Wildman–Crippen LogP) is 3.61. The lowest BCUT2D eigenvalue weighted by atomic mass is 10.1. The second-order valence-electron chi connectivity index (χ2n) is 8.17. The number of aryl methyl sites for hydroxylation is 2. The average molecular weight is 445 g/mol. The van der Waals surface area contributed by atoms with Crippen LogP contribution in [0.4, 0.5) is 0 Å². The van der Waals surface area contributed by atoms with Crippen molar-refractivity contribution in [1.82, 2.24) is 9.62 Å². The number of sulfonamides is 1. The molecule has 2 aromatic carbocycles. The van der Waals surface area contributed by atoms with E-state index in [0.717, 1.165) is 42.4 Å². The van der Waals surface area contributed by atoms with Crippen molar-refractivity contribution < 1.29 is 17.9 Å². The largest absolute Gasteiger partial charge is 0.484 e. The first-order chi connectivity index (χ1) is 14.8. The fourth-order valence-corrected chi connectivity index (χ4v) is 5.34. The summed E-state index contributed by atoms with van der Waals surface area (Å²) in [5, 5.41) is 2.84. The van der Waals surface area contributed by atoms with Crippen LogP contribution in [-0.4, -0.2) is 44.9 Å². The van der Waals surface area contributed by atoms with Gasteiger partial charge in [0.15, 0.2) is 6.61 Å². The van der Waals surface area contributed by atoms with E-state index in [4.69, 9.17) is 4.74 Å². The highest BCUT2D eigenvalue weighted by Gasteiger charge is 2.24. The Morgan fingerprint density at radius 3 is 2.19 bits per heavy atom. The van der Waals surface area contributed by atoms with Crippen LogP contribution >= 0.6 is 0 Å². The third kappa shape index (κ3) is 6.80. The Morgan fingerprint density at radius 1 is 0.968 bits per heavy atom. The molecule has 3 rings (SSSR count). The molecule has 168 valence electrons. The van der Waals surface area contributed by atoms with Crippen LogP contribution in [0.1, 0.15) is 42.4 Å². The minimum Gasteiger partial charge on any atom is -0.484 e. The molecule has 0 atom stereocenters. The van der Waals surface area contributed by atoms with Gasteiger partial charge in [-0.25, -0.2) is 8.42 Å². The van der Waals surface area contributed by atoms with Crippen molar-refractivity contribution in [3.05, 3.63) is 59.2 Å². The standard InChI is InChI=1S/C24H32N2O4S/c1-19-15-20(2)17-22(16-19)30-18-24(27)25-12-11-21-7-9-23(10-8-21)31(28,29)26-13-5-3-4-6-14-26/h7-10,15-17H,3-6,11-14,18H2,1-2H3,(H,25,27). The molecule has 1 amide bonds. The first-order valence-electron chi connectivity index (χ1n) is 10.9. The normalized spacial score (nSPS) is 15.3. The van der Waals surface area contributed by atoms with Gasteiger partial charge in [-0.2, -0.15) is 4.31 Å². The number of ether oxygens (including phenoxy) is 1. The van der Waals surface area contributed by atoms with E-state index < -0.39 is 10.0 Å². The van der Waals surface area contributed by atoms with E-state index in [9.17, 15) is 13.2 Å². The molecule has 0 aliphatic carbocycles. The molecule has 0 spiro atoms. The Kier molecular flexibility index (Phi) is 8.09. The second kappa shape index (κ2) is 10.8. The van der Waals surface area contributed by atoms with Crippen molar-refractivity contribution in [2.24, 2.45) is 0 Å². The summed E-state index contributed by atoms with van der Waals surface area (Å²) in [4.78, 5) is 12.4. The molecule has 1 aliphatic heterocycles. The molecular weight excluding hydrogens is 412 g/mol. The van der Waals surface area contributed by atoms with Gasteiger partial charge in [-0.3, -0.25) is 4.79 Å².